The van der Waals surface area contributed by atoms with Crippen LogP contribution in [0.5, 0.6) is 0 Å². The van der Waals surface area contributed by atoms with Crippen molar-refractivity contribution in [3.63, 3.8) is 0 Å². The Morgan fingerprint density at radius 3 is 2.67 bits per heavy atom. The second-order valence-electron chi connectivity index (χ2n) is 6.71. The van der Waals surface area contributed by atoms with Gasteiger partial charge in [-0.2, -0.15) is 0 Å². The van der Waals surface area contributed by atoms with Gasteiger partial charge in [-0.05, 0) is 46.5 Å². The van der Waals surface area contributed by atoms with Crippen LogP contribution in [0.2, 0.25) is 0 Å². The smallest absolute Gasteiger partial charge is 0.410 e. The van der Waals surface area contributed by atoms with Crippen molar-refractivity contribution < 1.29 is 19.1 Å². The Kier molecular flexibility index (Phi) is 5.08. The predicted molar refractivity (Wildman–Crippen MR) is 77.9 cm³/mol. The molecule has 2 fully saturated rings. The third-order valence-corrected chi connectivity index (χ3v) is 3.71. The van der Waals surface area contributed by atoms with Gasteiger partial charge in [-0.1, -0.05) is 0 Å². The molecule has 21 heavy (non-hydrogen) atoms. The number of nitrogens with one attached hydrogen (secondary N) is 1. The topological polar surface area (TPSA) is 67.9 Å². The predicted octanol–water partition coefficient (Wildman–Crippen LogP) is 1.68. The molecule has 0 aromatic rings. The molecule has 2 atom stereocenters. The Balaban J connectivity index is 1.85. The minimum absolute atomic E-state index is 0.103. The Hall–Kier alpha value is -1.30. The van der Waals surface area contributed by atoms with Gasteiger partial charge in [-0.25, -0.2) is 4.79 Å². The number of amides is 2. The molecular weight excluding hydrogens is 272 g/mol. The van der Waals surface area contributed by atoms with E-state index in [9.17, 15) is 9.59 Å². The van der Waals surface area contributed by atoms with Gasteiger partial charge in [0.25, 0.3) is 0 Å². The monoisotopic (exact) mass is 298 g/mol. The van der Waals surface area contributed by atoms with Crippen molar-refractivity contribution in [1.29, 1.82) is 0 Å². The van der Waals surface area contributed by atoms with Gasteiger partial charge in [-0.15, -0.1) is 0 Å². The Morgan fingerprint density at radius 2 is 2.05 bits per heavy atom. The van der Waals surface area contributed by atoms with Crippen LogP contribution in [0.1, 0.15) is 46.5 Å². The van der Waals surface area contributed by atoms with Crippen LogP contribution in [0.15, 0.2) is 0 Å². The maximum Gasteiger partial charge on any atom is 0.410 e. The van der Waals surface area contributed by atoms with Crippen LogP contribution < -0.4 is 5.32 Å². The fourth-order valence-electron chi connectivity index (χ4n) is 2.72. The molecule has 2 saturated heterocycles. The number of nitrogens with zero attached hydrogens (tertiary/aromatic N) is 1. The maximum absolute atomic E-state index is 12.3. The van der Waals surface area contributed by atoms with Crippen LogP contribution in [0.3, 0.4) is 0 Å². The normalized spacial score (nSPS) is 26.0. The lowest BCUT2D eigenvalue weighted by Crippen LogP contribution is -2.48. The highest BCUT2D eigenvalue weighted by molar-refractivity contribution is 5.86. The highest BCUT2D eigenvalue weighted by Crippen LogP contribution is 2.21. The van der Waals surface area contributed by atoms with E-state index in [1.807, 2.05) is 20.8 Å². The summed E-state index contributed by atoms with van der Waals surface area (Å²) in [6.45, 7) is 7.35. The summed E-state index contributed by atoms with van der Waals surface area (Å²) in [5.74, 6) is -0.103. The summed E-state index contributed by atoms with van der Waals surface area (Å²) in [6.07, 6.45) is 3.27. The zero-order valence-corrected chi connectivity index (χ0v) is 13.2. The van der Waals surface area contributed by atoms with Crippen molar-refractivity contribution in [2.75, 3.05) is 19.7 Å². The summed E-state index contributed by atoms with van der Waals surface area (Å²) in [4.78, 5) is 25.9. The minimum atomic E-state index is -0.543. The van der Waals surface area contributed by atoms with Crippen LogP contribution >= 0.6 is 0 Å². The van der Waals surface area contributed by atoms with Gasteiger partial charge in [0.15, 0.2) is 0 Å². The molecule has 0 unspecified atom stereocenters. The second kappa shape index (κ2) is 6.64. The van der Waals surface area contributed by atoms with Crippen molar-refractivity contribution in [2.24, 2.45) is 0 Å². The fraction of sp³-hybridized carbons (Fsp3) is 0.867. The van der Waals surface area contributed by atoms with E-state index in [4.69, 9.17) is 9.47 Å². The van der Waals surface area contributed by atoms with E-state index in [2.05, 4.69) is 5.32 Å². The molecule has 0 saturated carbocycles. The first kappa shape index (κ1) is 16.1. The number of ether oxygens (including phenoxy) is 2. The van der Waals surface area contributed by atoms with Crippen LogP contribution in [0.4, 0.5) is 4.79 Å². The van der Waals surface area contributed by atoms with Gasteiger partial charge in [0, 0.05) is 19.7 Å². The molecule has 6 nitrogen and oxygen atoms in total. The molecule has 2 aliphatic heterocycles. The highest BCUT2D eigenvalue weighted by atomic mass is 16.6. The Labute approximate surface area is 126 Å². The van der Waals surface area contributed by atoms with Crippen LogP contribution in [0.25, 0.3) is 0 Å². The van der Waals surface area contributed by atoms with Crippen LogP contribution in [0, 0.1) is 0 Å². The van der Waals surface area contributed by atoms with Gasteiger partial charge >= 0.3 is 6.09 Å². The van der Waals surface area contributed by atoms with Crippen molar-refractivity contribution in [2.45, 2.75) is 64.2 Å². The standard InChI is InChI=1S/C15H26N2O4/c1-15(2,3)21-14(19)17-8-4-7-12(17)13(18)16-10-11-6-5-9-20-11/h11-12H,4-10H2,1-3H3,(H,16,18)/t11-,12+/m0/s1. The molecule has 1 N–H and O–H groups in total. The van der Waals surface area contributed by atoms with Crippen molar-refractivity contribution in [1.82, 2.24) is 10.2 Å². The van der Waals surface area contributed by atoms with E-state index in [1.165, 1.54) is 4.90 Å². The Morgan fingerprint density at radius 1 is 1.29 bits per heavy atom. The summed E-state index contributed by atoms with van der Waals surface area (Å²) >= 11 is 0. The molecular formula is C15H26N2O4. The first-order chi connectivity index (χ1) is 9.87. The molecule has 2 aliphatic rings. The zero-order valence-electron chi connectivity index (χ0n) is 13.2. The number of rotatable bonds is 3. The molecule has 0 aromatic heterocycles. The molecule has 0 radical (unpaired) electrons. The quantitative estimate of drug-likeness (QED) is 0.861. The minimum Gasteiger partial charge on any atom is -0.444 e. The number of hydrogen-bond acceptors (Lipinski definition) is 4. The van der Waals surface area contributed by atoms with Crippen molar-refractivity contribution in [3.05, 3.63) is 0 Å². The van der Waals surface area contributed by atoms with Crippen molar-refractivity contribution in [3.8, 4) is 0 Å². The van der Waals surface area contributed by atoms with Gasteiger partial charge in [0.05, 0.1) is 6.10 Å². The first-order valence-electron chi connectivity index (χ1n) is 7.76. The van der Waals surface area contributed by atoms with Gasteiger partial charge < -0.3 is 14.8 Å². The molecule has 120 valence electrons. The van der Waals surface area contributed by atoms with Crippen molar-refractivity contribution >= 4 is 12.0 Å². The van der Waals surface area contributed by atoms with Crippen LogP contribution in [-0.4, -0.2) is 54.3 Å². The summed E-state index contributed by atoms with van der Waals surface area (Å²) in [5, 5.41) is 2.90. The Bertz CT molecular complexity index is 386. The molecule has 0 aromatic carbocycles. The fourth-order valence-corrected chi connectivity index (χ4v) is 2.72. The summed E-state index contributed by atoms with van der Waals surface area (Å²) in [5.41, 5.74) is -0.543. The summed E-state index contributed by atoms with van der Waals surface area (Å²) < 4.78 is 10.8. The van der Waals surface area contributed by atoms with E-state index < -0.39 is 17.7 Å². The average Bonchev–Trinajstić information content (AvgIpc) is 3.05. The zero-order chi connectivity index (χ0) is 15.5. The molecule has 2 rings (SSSR count). The number of likely N-dealkylation sites (tertiary alicyclic amines) is 1. The van der Waals surface area contributed by atoms with E-state index in [0.29, 0.717) is 19.5 Å². The highest BCUT2D eigenvalue weighted by Gasteiger charge is 2.36. The summed E-state index contributed by atoms with van der Waals surface area (Å²) in [7, 11) is 0. The summed E-state index contributed by atoms with van der Waals surface area (Å²) in [6, 6.07) is -0.416. The third-order valence-electron chi connectivity index (χ3n) is 3.71. The second-order valence-corrected chi connectivity index (χ2v) is 6.71. The first-order valence-corrected chi connectivity index (χ1v) is 7.76. The average molecular weight is 298 g/mol. The molecule has 2 amide bonds. The van der Waals surface area contributed by atoms with Gasteiger partial charge in [-0.3, -0.25) is 9.69 Å². The van der Waals surface area contributed by atoms with Gasteiger partial charge in [0.1, 0.15) is 11.6 Å². The number of hydrogen-bond donors (Lipinski definition) is 1. The largest absolute Gasteiger partial charge is 0.444 e. The SMILES string of the molecule is CC(C)(C)OC(=O)N1CCC[C@@H]1C(=O)NC[C@@H]1CCCO1. The van der Waals surface area contributed by atoms with E-state index in [-0.39, 0.29) is 12.0 Å². The lowest BCUT2D eigenvalue weighted by Gasteiger charge is -2.28. The molecule has 0 aliphatic carbocycles. The molecule has 0 spiro atoms. The molecule has 6 heteroatoms. The maximum atomic E-state index is 12.3. The van der Waals surface area contributed by atoms with Crippen LogP contribution in [-0.2, 0) is 14.3 Å². The van der Waals surface area contributed by atoms with Gasteiger partial charge in [0.2, 0.25) is 5.91 Å². The number of carbonyl (C=O) groups excluding carboxylic acids is 2. The third kappa shape index (κ3) is 4.59. The van der Waals surface area contributed by atoms with E-state index in [1.54, 1.807) is 0 Å². The lowest BCUT2D eigenvalue weighted by atomic mass is 10.2. The molecule has 0 bridgehead atoms. The molecule has 2 heterocycles. The van der Waals surface area contributed by atoms with E-state index >= 15 is 0 Å². The number of carbonyl (C=O) groups is 2. The van der Waals surface area contributed by atoms with E-state index in [0.717, 1.165) is 25.9 Å². The lowest BCUT2D eigenvalue weighted by molar-refractivity contribution is -0.126.